The molecule has 1 aromatic rings. The van der Waals surface area contributed by atoms with Crippen LogP contribution in [-0.2, 0) is 10.9 Å². The van der Waals surface area contributed by atoms with Crippen LogP contribution in [0.5, 0.6) is 0 Å². The summed E-state index contributed by atoms with van der Waals surface area (Å²) in [6, 6.07) is 4.06. The van der Waals surface area contributed by atoms with Crippen molar-refractivity contribution in [3.63, 3.8) is 0 Å². The van der Waals surface area contributed by atoms with E-state index in [1.54, 1.807) is 13.2 Å². The SMILES string of the molecule is COCCCNc1ccc(Br)cc1C(F)(F)F. The molecule has 1 aromatic carbocycles. The lowest BCUT2D eigenvalue weighted by Crippen LogP contribution is -2.12. The van der Waals surface area contributed by atoms with Gasteiger partial charge in [0.25, 0.3) is 0 Å². The number of hydrogen-bond donors (Lipinski definition) is 1. The zero-order chi connectivity index (χ0) is 12.9. The smallest absolute Gasteiger partial charge is 0.385 e. The Hall–Kier alpha value is -0.750. The second kappa shape index (κ2) is 6.26. The molecule has 0 radical (unpaired) electrons. The molecule has 17 heavy (non-hydrogen) atoms. The summed E-state index contributed by atoms with van der Waals surface area (Å²) in [7, 11) is 1.56. The van der Waals surface area contributed by atoms with Crippen LogP contribution in [0.15, 0.2) is 22.7 Å². The summed E-state index contributed by atoms with van der Waals surface area (Å²) >= 11 is 3.03. The van der Waals surface area contributed by atoms with Crippen LogP contribution in [0.1, 0.15) is 12.0 Å². The van der Waals surface area contributed by atoms with E-state index in [2.05, 4.69) is 21.2 Å². The van der Waals surface area contributed by atoms with E-state index in [1.165, 1.54) is 6.07 Å². The largest absolute Gasteiger partial charge is 0.418 e. The summed E-state index contributed by atoms with van der Waals surface area (Å²) in [5, 5.41) is 2.76. The van der Waals surface area contributed by atoms with Crippen molar-refractivity contribution in [1.29, 1.82) is 0 Å². The normalized spacial score (nSPS) is 11.6. The highest BCUT2D eigenvalue weighted by Gasteiger charge is 2.33. The van der Waals surface area contributed by atoms with Crippen molar-refractivity contribution < 1.29 is 17.9 Å². The number of anilines is 1. The highest BCUT2D eigenvalue weighted by Crippen LogP contribution is 2.36. The van der Waals surface area contributed by atoms with Crippen molar-refractivity contribution >= 4 is 21.6 Å². The first kappa shape index (κ1) is 14.3. The summed E-state index contributed by atoms with van der Waals surface area (Å²) in [4.78, 5) is 0. The Morgan fingerprint density at radius 3 is 2.65 bits per heavy atom. The van der Waals surface area contributed by atoms with Gasteiger partial charge in [0.1, 0.15) is 0 Å². The fourth-order valence-electron chi connectivity index (χ4n) is 1.34. The van der Waals surface area contributed by atoms with Crippen LogP contribution in [-0.4, -0.2) is 20.3 Å². The first-order valence-electron chi connectivity index (χ1n) is 5.04. The molecule has 1 N–H and O–H groups in total. The Balaban J connectivity index is 2.77. The van der Waals surface area contributed by atoms with Gasteiger partial charge in [-0.25, -0.2) is 0 Å². The number of nitrogens with one attached hydrogen (secondary N) is 1. The molecule has 2 nitrogen and oxygen atoms in total. The highest BCUT2D eigenvalue weighted by atomic mass is 79.9. The van der Waals surface area contributed by atoms with E-state index in [-0.39, 0.29) is 5.69 Å². The first-order valence-corrected chi connectivity index (χ1v) is 5.84. The van der Waals surface area contributed by atoms with Gasteiger partial charge in [-0.1, -0.05) is 15.9 Å². The van der Waals surface area contributed by atoms with Gasteiger partial charge in [-0.15, -0.1) is 0 Å². The number of alkyl halides is 3. The zero-order valence-corrected chi connectivity index (χ0v) is 10.9. The van der Waals surface area contributed by atoms with Crippen LogP contribution in [0.4, 0.5) is 18.9 Å². The van der Waals surface area contributed by atoms with Gasteiger partial charge in [-0.3, -0.25) is 0 Å². The summed E-state index contributed by atoms with van der Waals surface area (Å²) in [6.07, 6.45) is -3.70. The van der Waals surface area contributed by atoms with E-state index in [9.17, 15) is 13.2 Å². The van der Waals surface area contributed by atoms with Crippen LogP contribution in [0.25, 0.3) is 0 Å². The fraction of sp³-hybridized carbons (Fsp3) is 0.455. The molecular weight excluding hydrogens is 299 g/mol. The van der Waals surface area contributed by atoms with Gasteiger partial charge in [0.15, 0.2) is 0 Å². The minimum Gasteiger partial charge on any atom is -0.385 e. The molecular formula is C11H13BrF3NO. The molecule has 0 fully saturated rings. The quantitative estimate of drug-likeness (QED) is 0.832. The Bertz CT molecular complexity index is 368. The molecule has 0 unspecified atom stereocenters. The maximum Gasteiger partial charge on any atom is 0.418 e. The predicted molar refractivity (Wildman–Crippen MR) is 64.1 cm³/mol. The van der Waals surface area contributed by atoms with Gasteiger partial charge in [0, 0.05) is 30.4 Å². The summed E-state index contributed by atoms with van der Waals surface area (Å²) < 4.78 is 43.4. The standard InChI is InChI=1S/C11H13BrF3NO/c1-17-6-2-5-16-10-4-3-8(12)7-9(10)11(13,14)15/h3-4,7,16H,2,5-6H2,1H3. The molecule has 0 aliphatic rings. The van der Waals surface area contributed by atoms with Crippen molar-refractivity contribution in [1.82, 2.24) is 0 Å². The molecule has 0 amide bonds. The number of halogens is 4. The number of benzene rings is 1. The molecule has 0 atom stereocenters. The monoisotopic (exact) mass is 311 g/mol. The second-order valence-electron chi connectivity index (χ2n) is 3.46. The van der Waals surface area contributed by atoms with Gasteiger partial charge >= 0.3 is 6.18 Å². The average molecular weight is 312 g/mol. The lowest BCUT2D eigenvalue weighted by molar-refractivity contribution is -0.137. The summed E-state index contributed by atoms with van der Waals surface area (Å²) in [6.45, 7) is 0.962. The van der Waals surface area contributed by atoms with Crippen LogP contribution in [0.2, 0.25) is 0 Å². The highest BCUT2D eigenvalue weighted by molar-refractivity contribution is 9.10. The fourth-order valence-corrected chi connectivity index (χ4v) is 1.71. The van der Waals surface area contributed by atoms with Gasteiger partial charge in [-0.05, 0) is 24.6 Å². The van der Waals surface area contributed by atoms with Crippen LogP contribution < -0.4 is 5.32 Å². The number of hydrogen-bond acceptors (Lipinski definition) is 2. The van der Waals surface area contributed by atoms with E-state index in [0.717, 1.165) is 6.07 Å². The molecule has 0 spiro atoms. The van der Waals surface area contributed by atoms with Crippen molar-refractivity contribution in [3.05, 3.63) is 28.2 Å². The van der Waals surface area contributed by atoms with Gasteiger partial charge in [0.05, 0.1) is 5.56 Å². The average Bonchev–Trinajstić information content (AvgIpc) is 2.25. The lowest BCUT2D eigenvalue weighted by atomic mass is 10.1. The summed E-state index contributed by atoms with van der Waals surface area (Å²) in [5.41, 5.74) is -0.568. The van der Waals surface area contributed by atoms with E-state index >= 15 is 0 Å². The Kier molecular flexibility index (Phi) is 5.27. The second-order valence-corrected chi connectivity index (χ2v) is 4.38. The van der Waals surface area contributed by atoms with Gasteiger partial charge in [0.2, 0.25) is 0 Å². The van der Waals surface area contributed by atoms with Crippen molar-refractivity contribution in [3.8, 4) is 0 Å². The summed E-state index contributed by atoms with van der Waals surface area (Å²) in [5.74, 6) is 0. The van der Waals surface area contributed by atoms with E-state index in [1.807, 2.05) is 0 Å². The third-order valence-corrected chi connectivity index (χ3v) is 2.62. The van der Waals surface area contributed by atoms with E-state index < -0.39 is 11.7 Å². The van der Waals surface area contributed by atoms with Crippen LogP contribution >= 0.6 is 15.9 Å². The van der Waals surface area contributed by atoms with Crippen molar-refractivity contribution in [2.24, 2.45) is 0 Å². The lowest BCUT2D eigenvalue weighted by Gasteiger charge is -2.14. The maximum atomic E-state index is 12.7. The Labute approximate surface area is 106 Å². The molecule has 0 saturated heterocycles. The zero-order valence-electron chi connectivity index (χ0n) is 9.27. The molecule has 0 aliphatic carbocycles. The van der Waals surface area contributed by atoms with Crippen molar-refractivity contribution in [2.75, 3.05) is 25.6 Å². The molecule has 0 heterocycles. The van der Waals surface area contributed by atoms with Crippen molar-refractivity contribution in [2.45, 2.75) is 12.6 Å². The molecule has 6 heteroatoms. The number of ether oxygens (including phenoxy) is 1. The molecule has 0 aromatic heterocycles. The Morgan fingerprint density at radius 2 is 2.06 bits per heavy atom. The molecule has 0 aliphatic heterocycles. The molecule has 96 valence electrons. The Morgan fingerprint density at radius 1 is 1.35 bits per heavy atom. The molecule has 0 bridgehead atoms. The molecule has 1 rings (SSSR count). The van der Waals surface area contributed by atoms with E-state index in [4.69, 9.17) is 4.74 Å². The van der Waals surface area contributed by atoms with Crippen LogP contribution in [0, 0.1) is 0 Å². The third-order valence-electron chi connectivity index (χ3n) is 2.13. The first-order chi connectivity index (χ1) is 7.95. The van der Waals surface area contributed by atoms with E-state index in [0.29, 0.717) is 24.0 Å². The van der Waals surface area contributed by atoms with Gasteiger partial charge in [-0.2, -0.15) is 13.2 Å². The topological polar surface area (TPSA) is 21.3 Å². The predicted octanol–water partition coefficient (Wildman–Crippen LogP) is 3.92. The van der Waals surface area contributed by atoms with Gasteiger partial charge < -0.3 is 10.1 Å². The minimum absolute atomic E-state index is 0.0943. The third kappa shape index (κ3) is 4.55. The number of rotatable bonds is 5. The van der Waals surface area contributed by atoms with Crippen LogP contribution in [0.3, 0.4) is 0 Å². The maximum absolute atomic E-state index is 12.7. The molecule has 0 saturated carbocycles. The minimum atomic E-state index is -4.35. The number of methoxy groups -OCH3 is 1.